The van der Waals surface area contributed by atoms with Crippen LogP contribution in [0, 0.1) is 19.8 Å². The van der Waals surface area contributed by atoms with E-state index < -0.39 is 0 Å². The highest BCUT2D eigenvalue weighted by atomic mass is 35.5. The number of piperidine rings is 1. The molecule has 0 aromatic heterocycles. The number of terminal acetylenes is 1. The van der Waals surface area contributed by atoms with Crippen LogP contribution in [0.3, 0.4) is 0 Å². The van der Waals surface area contributed by atoms with Gasteiger partial charge in [0.15, 0.2) is 0 Å². The average molecular weight is 452 g/mol. The number of likely N-dealkylation sites (tertiary alicyclic amines) is 1. The second-order valence-electron chi connectivity index (χ2n) is 7.99. The van der Waals surface area contributed by atoms with E-state index in [0.717, 1.165) is 54.3 Å². The zero-order valence-corrected chi connectivity index (χ0v) is 20.4. The van der Waals surface area contributed by atoms with Crippen LogP contribution < -0.4 is 0 Å². The summed E-state index contributed by atoms with van der Waals surface area (Å²) in [6.07, 6.45) is 17.9. The molecule has 0 radical (unpaired) electrons. The molecule has 2 fully saturated rings. The first-order chi connectivity index (χ1) is 15.5. The third kappa shape index (κ3) is 5.66. The van der Waals surface area contributed by atoms with E-state index in [1.165, 1.54) is 11.1 Å². The van der Waals surface area contributed by atoms with Gasteiger partial charge in [0.25, 0.3) is 0 Å². The van der Waals surface area contributed by atoms with Crippen LogP contribution in [0.5, 0.6) is 0 Å². The van der Waals surface area contributed by atoms with E-state index >= 15 is 0 Å². The third-order valence-corrected chi connectivity index (χ3v) is 6.32. The summed E-state index contributed by atoms with van der Waals surface area (Å²) in [5.41, 5.74) is 5.65. The lowest BCUT2D eigenvalue weighted by atomic mass is 9.81. The summed E-state index contributed by atoms with van der Waals surface area (Å²) in [6.45, 7) is 12.5. The van der Waals surface area contributed by atoms with Crippen molar-refractivity contribution < 1.29 is 4.74 Å². The lowest BCUT2D eigenvalue weighted by Gasteiger charge is -2.39. The summed E-state index contributed by atoms with van der Waals surface area (Å²) in [5.74, 6) is 0. The molecule has 0 saturated carbocycles. The van der Waals surface area contributed by atoms with Gasteiger partial charge in [-0.3, -0.25) is 14.9 Å². The Morgan fingerprint density at radius 2 is 1.94 bits per heavy atom. The highest BCUT2D eigenvalue weighted by Crippen LogP contribution is 2.52. The summed E-state index contributed by atoms with van der Waals surface area (Å²) in [5, 5.41) is 0.760. The monoisotopic (exact) mass is 451 g/mol. The molecule has 5 heteroatoms. The summed E-state index contributed by atoms with van der Waals surface area (Å²) in [4.78, 5) is 10.6. The first-order valence-corrected chi connectivity index (χ1v) is 11.3. The zero-order chi connectivity index (χ0) is 23.7. The number of hydrogen-bond acceptors (Lipinski definition) is 4. The van der Waals surface area contributed by atoms with Gasteiger partial charge in [-0.25, -0.2) is 0 Å². The second-order valence-corrected chi connectivity index (χ2v) is 8.43. The maximum atomic E-state index is 6.85. The summed E-state index contributed by atoms with van der Waals surface area (Å²) >= 11 is 6.36. The maximum Gasteiger partial charge on any atom is 0.109 e. The first kappa shape index (κ1) is 25.8. The first-order valence-electron chi connectivity index (χ1n) is 10.9. The van der Waals surface area contributed by atoms with Gasteiger partial charge in [0.1, 0.15) is 6.10 Å². The summed E-state index contributed by atoms with van der Waals surface area (Å²) < 4.78 is 6.85. The van der Waals surface area contributed by atoms with Gasteiger partial charge in [-0.2, -0.15) is 0 Å². The van der Waals surface area contributed by atoms with E-state index in [1.807, 2.05) is 25.3 Å². The number of benzene rings is 1. The Balaban J connectivity index is 0.00000176. The quantitative estimate of drug-likeness (QED) is 0.407. The molecule has 2 aliphatic heterocycles. The molecule has 1 unspecified atom stereocenters. The van der Waals surface area contributed by atoms with E-state index in [9.17, 15) is 0 Å². The smallest absolute Gasteiger partial charge is 0.109 e. The Morgan fingerprint density at radius 1 is 1.25 bits per heavy atom. The van der Waals surface area contributed by atoms with Gasteiger partial charge in [-0.05, 0) is 80.8 Å². The van der Waals surface area contributed by atoms with E-state index in [0.29, 0.717) is 0 Å². The van der Waals surface area contributed by atoms with Gasteiger partial charge >= 0.3 is 0 Å². The fraction of sp³-hybridized carbons (Fsp3) is 0.407. The maximum absolute atomic E-state index is 6.85. The normalized spacial score (nSPS) is 23.6. The van der Waals surface area contributed by atoms with Crippen molar-refractivity contribution in [1.82, 2.24) is 4.90 Å². The summed E-state index contributed by atoms with van der Waals surface area (Å²) in [7, 11) is 1.82. The SMILES string of the molecule is C#C.C=N/C=C\C(CN1CCC2(CC1)OC(c1cc(C)cc(Cl)c1)C(=C/C)/C2=C\C)=NC. The van der Waals surface area contributed by atoms with Gasteiger partial charge in [-0.1, -0.05) is 29.8 Å². The van der Waals surface area contributed by atoms with Crippen molar-refractivity contribution in [2.45, 2.75) is 45.3 Å². The van der Waals surface area contributed by atoms with E-state index in [-0.39, 0.29) is 11.7 Å². The number of hydrogen-bond donors (Lipinski definition) is 0. The molecule has 3 rings (SSSR count). The van der Waals surface area contributed by atoms with Crippen molar-refractivity contribution in [1.29, 1.82) is 0 Å². The molecule has 0 amide bonds. The number of aryl methyl sites for hydroxylation is 1. The predicted molar refractivity (Wildman–Crippen MR) is 138 cm³/mol. The lowest BCUT2D eigenvalue weighted by molar-refractivity contribution is -0.0582. The number of allylic oxidation sites excluding steroid dienone is 2. The number of ether oxygens (including phenoxy) is 1. The molecular weight excluding hydrogens is 418 g/mol. The number of aliphatic imine (C=N–C) groups is 2. The molecule has 4 nitrogen and oxygen atoms in total. The number of rotatable bonds is 5. The molecule has 0 aliphatic carbocycles. The minimum Gasteiger partial charge on any atom is -0.358 e. The van der Waals surface area contributed by atoms with Crippen LogP contribution in [-0.2, 0) is 4.74 Å². The minimum atomic E-state index is -0.240. The molecule has 2 saturated heterocycles. The highest BCUT2D eigenvalue weighted by molar-refractivity contribution is 6.30. The standard InChI is InChI=1S/C25H32ClN3O.C2H2/c1-6-22-23(7-2)25(30-24(22)19-14-18(3)15-20(26)16-19)9-12-29(13-10-25)17-21(28-5)8-11-27-4;1-2/h6-8,11,14-16,24H,4,9-10,12-13,17H2,1-3,5H3;1-2H/b11-8-,22-6+,23-7+,28-21?;. The Labute approximate surface area is 198 Å². The minimum absolute atomic E-state index is 0.0699. The molecule has 1 atom stereocenters. The third-order valence-electron chi connectivity index (χ3n) is 6.10. The Hall–Kier alpha value is -2.45. The molecule has 1 aromatic carbocycles. The second kappa shape index (κ2) is 12.0. The van der Waals surface area contributed by atoms with Crippen molar-refractivity contribution in [3.05, 3.63) is 69.9 Å². The molecule has 0 bridgehead atoms. The van der Waals surface area contributed by atoms with Gasteiger partial charge in [0, 0.05) is 37.9 Å². The van der Waals surface area contributed by atoms with Crippen molar-refractivity contribution >= 4 is 24.0 Å². The van der Waals surface area contributed by atoms with Gasteiger partial charge in [-0.15, -0.1) is 12.8 Å². The molecular formula is C27H34ClN3O. The Kier molecular flexibility index (Phi) is 9.65. The van der Waals surface area contributed by atoms with Crippen LogP contribution in [0.25, 0.3) is 0 Å². The van der Waals surface area contributed by atoms with E-state index in [4.69, 9.17) is 16.3 Å². The topological polar surface area (TPSA) is 37.2 Å². The average Bonchev–Trinajstić information content (AvgIpc) is 3.11. The fourth-order valence-corrected chi connectivity index (χ4v) is 4.98. The van der Waals surface area contributed by atoms with Crippen LogP contribution >= 0.6 is 11.6 Å². The molecule has 2 aliphatic rings. The molecule has 1 spiro atoms. The van der Waals surface area contributed by atoms with Crippen molar-refractivity contribution in [2.75, 3.05) is 26.7 Å². The van der Waals surface area contributed by atoms with Gasteiger partial charge < -0.3 is 4.74 Å². The van der Waals surface area contributed by atoms with Crippen LogP contribution in [0.4, 0.5) is 0 Å². The number of nitrogens with zero attached hydrogens (tertiary/aromatic N) is 3. The van der Waals surface area contributed by atoms with Gasteiger partial charge in [0.05, 0.1) is 11.3 Å². The number of halogens is 1. The van der Waals surface area contributed by atoms with E-state index in [2.05, 4.69) is 73.4 Å². The largest absolute Gasteiger partial charge is 0.358 e. The predicted octanol–water partition coefficient (Wildman–Crippen LogP) is 5.98. The molecule has 2 heterocycles. The molecule has 170 valence electrons. The zero-order valence-electron chi connectivity index (χ0n) is 19.6. The van der Waals surface area contributed by atoms with Crippen molar-refractivity contribution in [3.8, 4) is 12.8 Å². The van der Waals surface area contributed by atoms with Crippen LogP contribution in [0.2, 0.25) is 5.02 Å². The fourth-order valence-electron chi connectivity index (χ4n) is 4.68. The van der Waals surface area contributed by atoms with Crippen LogP contribution in [0.15, 0.2) is 63.8 Å². The molecule has 0 N–H and O–H groups in total. The van der Waals surface area contributed by atoms with Crippen LogP contribution in [-0.4, -0.2) is 49.6 Å². The van der Waals surface area contributed by atoms with Crippen LogP contribution in [0.1, 0.15) is 43.9 Å². The Bertz CT molecular complexity index is 927. The van der Waals surface area contributed by atoms with E-state index in [1.54, 1.807) is 6.20 Å². The van der Waals surface area contributed by atoms with Crippen molar-refractivity contribution in [2.24, 2.45) is 9.98 Å². The molecule has 1 aromatic rings. The van der Waals surface area contributed by atoms with Crippen molar-refractivity contribution in [3.63, 3.8) is 0 Å². The molecule has 32 heavy (non-hydrogen) atoms. The van der Waals surface area contributed by atoms with Gasteiger partial charge in [0.2, 0.25) is 0 Å². The lowest BCUT2D eigenvalue weighted by Crippen LogP contribution is -2.46. The Morgan fingerprint density at radius 3 is 2.47 bits per heavy atom. The summed E-state index contributed by atoms with van der Waals surface area (Å²) in [6, 6.07) is 6.21. The highest BCUT2D eigenvalue weighted by Gasteiger charge is 2.48.